The van der Waals surface area contributed by atoms with Gasteiger partial charge in [0.25, 0.3) is 5.91 Å². The Bertz CT molecular complexity index is 842. The fourth-order valence-corrected chi connectivity index (χ4v) is 3.77. The zero-order valence-corrected chi connectivity index (χ0v) is 17.7. The third kappa shape index (κ3) is 4.67. The predicted molar refractivity (Wildman–Crippen MR) is 112 cm³/mol. The summed E-state index contributed by atoms with van der Waals surface area (Å²) < 4.78 is 0.946. The molecular weight excluding hydrogens is 402 g/mol. The minimum absolute atomic E-state index is 0.00689. The monoisotopic (exact) mass is 427 g/mol. The van der Waals surface area contributed by atoms with Gasteiger partial charge in [-0.05, 0) is 67.5 Å². The van der Waals surface area contributed by atoms with Gasteiger partial charge in [-0.3, -0.25) is 9.59 Å². The third-order valence-electron chi connectivity index (χ3n) is 5.53. The average molecular weight is 428 g/mol. The topological polar surface area (TPSA) is 46.2 Å². The fraction of sp³-hybridized carbons (Fsp3) is 0.391. The number of ketones is 1. The maximum absolute atomic E-state index is 12.8. The first-order valence-corrected chi connectivity index (χ1v) is 10.4. The number of carbonyl (C=O) groups is 2. The van der Waals surface area contributed by atoms with Gasteiger partial charge in [0.1, 0.15) is 0 Å². The van der Waals surface area contributed by atoms with Crippen molar-refractivity contribution >= 4 is 27.6 Å². The first-order chi connectivity index (χ1) is 12.8. The molecule has 1 N–H and O–H groups in total. The van der Waals surface area contributed by atoms with Gasteiger partial charge in [-0.2, -0.15) is 0 Å². The zero-order valence-electron chi connectivity index (χ0n) is 16.1. The number of benzene rings is 2. The second-order valence-electron chi connectivity index (χ2n) is 7.81. The number of fused-ring (bicyclic) bond motifs is 1. The molecular formula is C23H26BrNO2. The van der Waals surface area contributed by atoms with Crippen LogP contribution in [0.2, 0.25) is 0 Å². The van der Waals surface area contributed by atoms with E-state index in [-0.39, 0.29) is 23.7 Å². The van der Waals surface area contributed by atoms with Crippen LogP contribution in [0.4, 0.5) is 0 Å². The van der Waals surface area contributed by atoms with Crippen molar-refractivity contribution in [2.75, 3.05) is 0 Å². The number of carbonyl (C=O) groups excluding carboxylic acids is 2. The Balaban J connectivity index is 1.67. The van der Waals surface area contributed by atoms with Crippen molar-refractivity contribution in [3.05, 3.63) is 69.2 Å². The lowest BCUT2D eigenvalue weighted by Gasteiger charge is -2.23. The maximum Gasteiger partial charge on any atom is 0.251 e. The number of nitrogens with one attached hydrogen (secondary N) is 1. The molecule has 3 nitrogen and oxygen atoms in total. The second-order valence-corrected chi connectivity index (χ2v) is 8.72. The molecule has 1 aliphatic carbocycles. The van der Waals surface area contributed by atoms with Crippen LogP contribution < -0.4 is 5.32 Å². The highest BCUT2D eigenvalue weighted by molar-refractivity contribution is 9.10. The van der Waals surface area contributed by atoms with Crippen molar-refractivity contribution in [2.45, 2.75) is 46.1 Å². The highest BCUT2D eigenvalue weighted by Crippen LogP contribution is 2.30. The minimum Gasteiger partial charge on any atom is -0.349 e. The van der Waals surface area contributed by atoms with Crippen LogP contribution in [0.3, 0.4) is 0 Å². The molecule has 27 heavy (non-hydrogen) atoms. The van der Waals surface area contributed by atoms with Gasteiger partial charge >= 0.3 is 0 Å². The number of halogens is 1. The van der Waals surface area contributed by atoms with Crippen molar-refractivity contribution < 1.29 is 9.59 Å². The molecule has 0 heterocycles. The summed E-state index contributed by atoms with van der Waals surface area (Å²) in [7, 11) is 0. The molecule has 0 bridgehead atoms. The Kier molecular flexibility index (Phi) is 6.15. The van der Waals surface area contributed by atoms with E-state index in [4.69, 9.17) is 0 Å². The Morgan fingerprint density at radius 3 is 2.52 bits per heavy atom. The van der Waals surface area contributed by atoms with Crippen molar-refractivity contribution in [3.8, 4) is 0 Å². The normalized spacial score (nSPS) is 17.5. The molecule has 4 heteroatoms. The standard InChI is InChI=1S/C23H26BrNO2/c1-14(2)15(3)25-23(27)18-6-4-16(5-7-18)12-19-9-8-17-10-11-20(24)13-21(17)22(19)26/h4-7,10-11,13-15,19H,8-9,12H2,1-3H3,(H,25,27). The molecule has 0 saturated heterocycles. The lowest BCUT2D eigenvalue weighted by molar-refractivity contribution is 0.0898. The molecule has 0 saturated carbocycles. The first kappa shape index (κ1) is 19.8. The van der Waals surface area contributed by atoms with Crippen LogP contribution in [0.15, 0.2) is 46.9 Å². The Hall–Kier alpha value is -1.94. The van der Waals surface area contributed by atoms with E-state index in [2.05, 4.69) is 35.1 Å². The van der Waals surface area contributed by atoms with Crippen LogP contribution in [0, 0.1) is 11.8 Å². The molecule has 1 aliphatic rings. The quantitative estimate of drug-likeness (QED) is 0.711. The number of hydrogen-bond donors (Lipinski definition) is 1. The van der Waals surface area contributed by atoms with Gasteiger partial charge in [0.15, 0.2) is 5.78 Å². The van der Waals surface area contributed by atoms with Crippen LogP contribution in [0.5, 0.6) is 0 Å². The Morgan fingerprint density at radius 2 is 1.85 bits per heavy atom. The highest BCUT2D eigenvalue weighted by Gasteiger charge is 2.27. The van der Waals surface area contributed by atoms with Gasteiger partial charge in [-0.15, -0.1) is 0 Å². The Morgan fingerprint density at radius 1 is 1.15 bits per heavy atom. The van der Waals surface area contributed by atoms with E-state index < -0.39 is 0 Å². The van der Waals surface area contributed by atoms with Crippen molar-refractivity contribution in [1.29, 1.82) is 0 Å². The number of amides is 1. The minimum atomic E-state index is -0.0460. The summed E-state index contributed by atoms with van der Waals surface area (Å²) in [5.74, 6) is 0.585. The molecule has 0 radical (unpaired) electrons. The molecule has 0 spiro atoms. The molecule has 1 amide bonds. The number of aryl methyl sites for hydroxylation is 1. The van der Waals surface area contributed by atoms with E-state index in [0.717, 1.165) is 40.4 Å². The van der Waals surface area contributed by atoms with Gasteiger partial charge in [0, 0.05) is 27.6 Å². The molecule has 2 aromatic carbocycles. The largest absolute Gasteiger partial charge is 0.349 e. The lowest BCUT2D eigenvalue weighted by atomic mass is 9.80. The van der Waals surface area contributed by atoms with Crippen LogP contribution >= 0.6 is 15.9 Å². The summed E-state index contributed by atoms with van der Waals surface area (Å²) in [4.78, 5) is 25.2. The molecule has 142 valence electrons. The van der Waals surface area contributed by atoms with E-state index >= 15 is 0 Å². The van der Waals surface area contributed by atoms with E-state index in [1.54, 1.807) is 0 Å². The highest BCUT2D eigenvalue weighted by atomic mass is 79.9. The van der Waals surface area contributed by atoms with Crippen LogP contribution in [0.1, 0.15) is 59.0 Å². The van der Waals surface area contributed by atoms with E-state index in [1.807, 2.05) is 49.4 Å². The first-order valence-electron chi connectivity index (χ1n) is 9.57. The number of rotatable bonds is 5. The summed E-state index contributed by atoms with van der Waals surface area (Å²) in [5.41, 5.74) is 3.75. The summed E-state index contributed by atoms with van der Waals surface area (Å²) >= 11 is 3.46. The van der Waals surface area contributed by atoms with Gasteiger partial charge in [-0.1, -0.05) is 48.0 Å². The van der Waals surface area contributed by atoms with Crippen LogP contribution in [0.25, 0.3) is 0 Å². The summed E-state index contributed by atoms with van der Waals surface area (Å²) in [6.07, 6.45) is 2.53. The zero-order chi connectivity index (χ0) is 19.6. The van der Waals surface area contributed by atoms with Crippen molar-refractivity contribution in [2.24, 2.45) is 11.8 Å². The van der Waals surface area contributed by atoms with E-state index in [9.17, 15) is 9.59 Å². The maximum atomic E-state index is 12.8. The van der Waals surface area contributed by atoms with Gasteiger partial charge < -0.3 is 5.32 Å². The SMILES string of the molecule is CC(C)C(C)NC(=O)c1ccc(CC2CCc3ccc(Br)cc3C2=O)cc1. The third-order valence-corrected chi connectivity index (χ3v) is 6.02. The van der Waals surface area contributed by atoms with E-state index in [1.165, 1.54) is 0 Å². The van der Waals surface area contributed by atoms with Crippen LogP contribution in [-0.2, 0) is 12.8 Å². The smallest absolute Gasteiger partial charge is 0.251 e. The van der Waals surface area contributed by atoms with Crippen molar-refractivity contribution in [1.82, 2.24) is 5.32 Å². The van der Waals surface area contributed by atoms with Gasteiger partial charge in [0.05, 0.1) is 0 Å². The average Bonchev–Trinajstić information content (AvgIpc) is 2.65. The molecule has 3 rings (SSSR count). The molecule has 0 fully saturated rings. The molecule has 2 atom stereocenters. The molecule has 2 unspecified atom stereocenters. The Labute approximate surface area is 169 Å². The summed E-state index contributed by atoms with van der Waals surface area (Å²) in [6.45, 7) is 6.19. The molecule has 2 aromatic rings. The fourth-order valence-electron chi connectivity index (χ4n) is 3.41. The van der Waals surface area contributed by atoms with Crippen molar-refractivity contribution in [3.63, 3.8) is 0 Å². The van der Waals surface area contributed by atoms with Crippen LogP contribution in [-0.4, -0.2) is 17.7 Å². The number of Topliss-reactive ketones (excluding diaryl/α,β-unsaturated/α-hetero) is 1. The second kappa shape index (κ2) is 8.39. The molecule has 0 aliphatic heterocycles. The van der Waals surface area contributed by atoms with E-state index in [0.29, 0.717) is 11.5 Å². The predicted octanol–water partition coefficient (Wildman–Crippen LogP) is 5.21. The lowest BCUT2D eigenvalue weighted by Crippen LogP contribution is -2.36. The number of hydrogen-bond acceptors (Lipinski definition) is 2. The van der Waals surface area contributed by atoms with Gasteiger partial charge in [0.2, 0.25) is 0 Å². The summed E-state index contributed by atoms with van der Waals surface area (Å²) in [5, 5.41) is 3.02. The molecule has 0 aromatic heterocycles. The van der Waals surface area contributed by atoms with Gasteiger partial charge in [-0.25, -0.2) is 0 Å². The summed E-state index contributed by atoms with van der Waals surface area (Å²) in [6, 6.07) is 13.8.